The number of carbonyl (C=O) groups is 1. The number of ether oxygens (including phenoxy) is 1. The number of morpholine rings is 1. The summed E-state index contributed by atoms with van der Waals surface area (Å²) in [5, 5.41) is 7.15. The third kappa shape index (κ3) is 3.33. The smallest absolute Gasteiger partial charge is 0.255 e. The molecular formula is C18H27N5O2. The third-order valence-electron chi connectivity index (χ3n) is 4.76. The molecule has 0 spiro atoms. The summed E-state index contributed by atoms with van der Waals surface area (Å²) >= 11 is 0. The van der Waals surface area contributed by atoms with Gasteiger partial charge in [-0.1, -0.05) is 6.92 Å². The molecule has 25 heavy (non-hydrogen) atoms. The minimum atomic E-state index is -0.275. The van der Waals surface area contributed by atoms with E-state index in [0.717, 1.165) is 29.2 Å². The van der Waals surface area contributed by atoms with Crippen LogP contribution in [0.1, 0.15) is 66.3 Å². The molecule has 1 saturated heterocycles. The Hall–Kier alpha value is -2.15. The molecule has 7 heteroatoms. The highest BCUT2D eigenvalue weighted by Gasteiger charge is 2.30. The lowest BCUT2D eigenvalue weighted by atomic mass is 10.1. The quantitative estimate of drug-likeness (QED) is 0.924. The summed E-state index contributed by atoms with van der Waals surface area (Å²) in [6, 6.07) is 2.32. The molecule has 0 aromatic carbocycles. The van der Waals surface area contributed by atoms with E-state index in [-0.39, 0.29) is 12.0 Å². The summed E-state index contributed by atoms with van der Waals surface area (Å²) in [4.78, 5) is 19.3. The lowest BCUT2D eigenvalue weighted by molar-refractivity contribution is -0.0267. The summed E-state index contributed by atoms with van der Waals surface area (Å²) in [5.41, 5.74) is 2.91. The van der Waals surface area contributed by atoms with Crippen LogP contribution in [0.4, 0.5) is 0 Å². The van der Waals surface area contributed by atoms with Crippen molar-refractivity contribution in [2.24, 2.45) is 0 Å². The highest BCUT2D eigenvalue weighted by atomic mass is 16.5. The van der Waals surface area contributed by atoms with E-state index in [1.165, 1.54) is 0 Å². The number of nitrogens with one attached hydrogen (secondary N) is 1. The van der Waals surface area contributed by atoms with Crippen molar-refractivity contribution >= 4 is 5.91 Å². The van der Waals surface area contributed by atoms with Crippen LogP contribution >= 0.6 is 0 Å². The summed E-state index contributed by atoms with van der Waals surface area (Å²) in [7, 11) is 0. The molecule has 3 heterocycles. The van der Waals surface area contributed by atoms with E-state index >= 15 is 0 Å². The Labute approximate surface area is 148 Å². The van der Waals surface area contributed by atoms with Gasteiger partial charge in [-0.3, -0.25) is 9.89 Å². The van der Waals surface area contributed by atoms with Crippen molar-refractivity contribution < 1.29 is 9.53 Å². The minimum absolute atomic E-state index is 0.0551. The van der Waals surface area contributed by atoms with E-state index in [1.807, 2.05) is 31.7 Å². The largest absolute Gasteiger partial charge is 0.366 e. The second-order valence-corrected chi connectivity index (χ2v) is 6.85. The summed E-state index contributed by atoms with van der Waals surface area (Å²) < 4.78 is 7.99. The molecule has 3 rings (SSSR count). The summed E-state index contributed by atoms with van der Waals surface area (Å²) in [5.74, 6) is 1.52. The van der Waals surface area contributed by atoms with Crippen molar-refractivity contribution in [1.29, 1.82) is 0 Å². The van der Waals surface area contributed by atoms with Gasteiger partial charge in [0, 0.05) is 30.4 Å². The number of H-pyrrole nitrogens is 1. The maximum Gasteiger partial charge on any atom is 0.255 e. The second kappa shape index (κ2) is 7.00. The molecule has 1 aliphatic heterocycles. The zero-order valence-corrected chi connectivity index (χ0v) is 15.7. The Morgan fingerprint density at radius 3 is 2.80 bits per heavy atom. The van der Waals surface area contributed by atoms with Gasteiger partial charge in [0.25, 0.3) is 5.91 Å². The van der Waals surface area contributed by atoms with Crippen LogP contribution in [0.15, 0.2) is 6.07 Å². The SMILES string of the molecule is CCc1nc(C2CN(C(=O)c3cc(C)n(C(C)C)c3C)CCO2)n[nH]1. The molecule has 1 aliphatic rings. The average Bonchev–Trinajstić information content (AvgIpc) is 3.18. The van der Waals surface area contributed by atoms with Gasteiger partial charge in [0.15, 0.2) is 5.82 Å². The predicted molar refractivity (Wildman–Crippen MR) is 94.6 cm³/mol. The Kier molecular flexibility index (Phi) is 4.94. The van der Waals surface area contributed by atoms with E-state index in [0.29, 0.717) is 31.6 Å². The summed E-state index contributed by atoms with van der Waals surface area (Å²) in [6.07, 6.45) is 0.520. The topological polar surface area (TPSA) is 76.0 Å². The first kappa shape index (κ1) is 17.7. The first-order valence-electron chi connectivity index (χ1n) is 8.92. The number of aryl methyl sites for hydroxylation is 2. The maximum absolute atomic E-state index is 13.1. The van der Waals surface area contributed by atoms with E-state index in [9.17, 15) is 4.79 Å². The van der Waals surface area contributed by atoms with Crippen LogP contribution in [0.3, 0.4) is 0 Å². The predicted octanol–water partition coefficient (Wildman–Crippen LogP) is 2.58. The van der Waals surface area contributed by atoms with E-state index in [2.05, 4.69) is 33.6 Å². The minimum Gasteiger partial charge on any atom is -0.366 e. The van der Waals surface area contributed by atoms with E-state index < -0.39 is 0 Å². The molecule has 1 N–H and O–H groups in total. The van der Waals surface area contributed by atoms with Crippen molar-refractivity contribution in [3.63, 3.8) is 0 Å². The maximum atomic E-state index is 13.1. The third-order valence-corrected chi connectivity index (χ3v) is 4.76. The van der Waals surface area contributed by atoms with Gasteiger partial charge in [0.05, 0.1) is 18.7 Å². The molecule has 1 unspecified atom stereocenters. The van der Waals surface area contributed by atoms with Gasteiger partial charge in [-0.25, -0.2) is 4.98 Å². The van der Waals surface area contributed by atoms with Gasteiger partial charge < -0.3 is 14.2 Å². The first-order valence-corrected chi connectivity index (χ1v) is 8.92. The molecular weight excluding hydrogens is 318 g/mol. The Balaban J connectivity index is 1.79. The first-order chi connectivity index (χ1) is 11.9. The molecule has 136 valence electrons. The van der Waals surface area contributed by atoms with Crippen molar-refractivity contribution in [3.8, 4) is 0 Å². The average molecular weight is 345 g/mol. The van der Waals surface area contributed by atoms with Gasteiger partial charge in [-0.15, -0.1) is 0 Å². The lowest BCUT2D eigenvalue weighted by Gasteiger charge is -2.31. The van der Waals surface area contributed by atoms with Gasteiger partial charge in [-0.2, -0.15) is 5.10 Å². The van der Waals surface area contributed by atoms with Crippen LogP contribution in [-0.2, 0) is 11.2 Å². The van der Waals surface area contributed by atoms with Crippen LogP contribution < -0.4 is 0 Å². The number of nitrogens with zero attached hydrogens (tertiary/aromatic N) is 4. The van der Waals surface area contributed by atoms with Crippen molar-refractivity contribution in [2.75, 3.05) is 19.7 Å². The molecule has 2 aromatic rings. The highest BCUT2D eigenvalue weighted by Crippen LogP contribution is 2.25. The summed E-state index contributed by atoms with van der Waals surface area (Å²) in [6.45, 7) is 11.9. The molecule has 0 bridgehead atoms. The molecule has 0 aliphatic carbocycles. The van der Waals surface area contributed by atoms with Gasteiger partial charge in [0.2, 0.25) is 0 Å². The standard InChI is InChI=1S/C18H27N5O2/c1-6-16-19-17(21-20-16)15-10-22(7-8-25-15)18(24)14-9-12(4)23(11(2)3)13(14)5/h9,11,15H,6-8,10H2,1-5H3,(H,19,20,21). The van der Waals surface area contributed by atoms with Crippen LogP contribution in [0.5, 0.6) is 0 Å². The number of aromatic nitrogens is 4. The van der Waals surface area contributed by atoms with Crippen LogP contribution in [0.25, 0.3) is 0 Å². The monoisotopic (exact) mass is 345 g/mol. The van der Waals surface area contributed by atoms with Gasteiger partial charge in [-0.05, 0) is 33.8 Å². The van der Waals surface area contributed by atoms with Crippen molar-refractivity contribution in [1.82, 2.24) is 24.6 Å². The zero-order chi connectivity index (χ0) is 18.1. The van der Waals surface area contributed by atoms with E-state index in [1.54, 1.807) is 0 Å². The van der Waals surface area contributed by atoms with Crippen molar-refractivity contribution in [3.05, 3.63) is 34.7 Å². The van der Waals surface area contributed by atoms with Crippen LogP contribution in [0.2, 0.25) is 0 Å². The van der Waals surface area contributed by atoms with Gasteiger partial charge in [0.1, 0.15) is 11.9 Å². The number of carbonyl (C=O) groups excluding carboxylic acids is 1. The fourth-order valence-corrected chi connectivity index (χ4v) is 3.56. The van der Waals surface area contributed by atoms with Crippen LogP contribution in [0, 0.1) is 13.8 Å². The molecule has 0 saturated carbocycles. The molecule has 1 fully saturated rings. The Bertz CT molecular complexity index is 762. The molecule has 0 radical (unpaired) electrons. The lowest BCUT2D eigenvalue weighted by Crippen LogP contribution is -2.42. The molecule has 1 amide bonds. The Morgan fingerprint density at radius 2 is 2.20 bits per heavy atom. The normalized spacial score (nSPS) is 18.2. The fourth-order valence-electron chi connectivity index (χ4n) is 3.56. The van der Waals surface area contributed by atoms with Crippen molar-refractivity contribution in [2.45, 2.75) is 53.2 Å². The molecule has 1 atom stereocenters. The molecule has 7 nitrogen and oxygen atoms in total. The van der Waals surface area contributed by atoms with Gasteiger partial charge >= 0.3 is 0 Å². The number of rotatable bonds is 4. The highest BCUT2D eigenvalue weighted by molar-refractivity contribution is 5.95. The molecule has 2 aromatic heterocycles. The number of aromatic amines is 1. The fraction of sp³-hybridized carbons (Fsp3) is 0.611. The second-order valence-electron chi connectivity index (χ2n) is 6.85. The zero-order valence-electron chi connectivity index (χ0n) is 15.7. The van der Waals surface area contributed by atoms with Crippen LogP contribution in [-0.4, -0.2) is 50.3 Å². The Morgan fingerprint density at radius 1 is 1.44 bits per heavy atom. The number of amides is 1. The number of hydrogen-bond acceptors (Lipinski definition) is 4. The number of hydrogen-bond donors (Lipinski definition) is 1. The van der Waals surface area contributed by atoms with E-state index in [4.69, 9.17) is 4.74 Å².